The van der Waals surface area contributed by atoms with Crippen molar-refractivity contribution in [2.24, 2.45) is 0 Å². The Bertz CT molecular complexity index is 382. The lowest BCUT2D eigenvalue weighted by Crippen LogP contribution is -2.34. The van der Waals surface area contributed by atoms with E-state index in [-0.39, 0.29) is 6.04 Å². The van der Waals surface area contributed by atoms with Crippen molar-refractivity contribution < 1.29 is 8.78 Å². The van der Waals surface area contributed by atoms with Gasteiger partial charge in [0.15, 0.2) is 11.6 Å². The summed E-state index contributed by atoms with van der Waals surface area (Å²) in [4.78, 5) is 2.14. The van der Waals surface area contributed by atoms with Crippen LogP contribution < -0.4 is 5.32 Å². The zero-order chi connectivity index (χ0) is 14.3. The minimum absolute atomic E-state index is 0.174. The maximum atomic E-state index is 13.9. The summed E-state index contributed by atoms with van der Waals surface area (Å²) in [7, 11) is 2.00. The highest BCUT2D eigenvalue weighted by Crippen LogP contribution is 2.20. The lowest BCUT2D eigenvalue weighted by molar-refractivity contribution is 0.286. The van der Waals surface area contributed by atoms with Gasteiger partial charge >= 0.3 is 0 Å². The summed E-state index contributed by atoms with van der Waals surface area (Å²) in [6.45, 7) is 6.57. The van der Waals surface area contributed by atoms with Crippen molar-refractivity contribution in [2.45, 2.75) is 32.7 Å². The molecule has 1 aromatic carbocycles. The number of likely N-dealkylation sites (N-methyl/N-ethyl adjacent to an activating group) is 1. The van der Waals surface area contributed by atoms with Crippen LogP contribution in [0.15, 0.2) is 18.2 Å². The number of nitrogens with one attached hydrogen (secondary N) is 1. The van der Waals surface area contributed by atoms with Crippen molar-refractivity contribution in [3.63, 3.8) is 0 Å². The summed E-state index contributed by atoms with van der Waals surface area (Å²) in [5.74, 6) is -1.51. The third kappa shape index (κ3) is 4.88. The molecule has 0 bridgehead atoms. The van der Waals surface area contributed by atoms with Gasteiger partial charge in [-0.3, -0.25) is 0 Å². The quantitative estimate of drug-likeness (QED) is 0.779. The van der Waals surface area contributed by atoms with E-state index in [1.807, 2.05) is 7.05 Å². The molecule has 1 aromatic rings. The first-order valence-electron chi connectivity index (χ1n) is 6.96. The van der Waals surface area contributed by atoms with Crippen LogP contribution in [-0.2, 0) is 0 Å². The van der Waals surface area contributed by atoms with Crippen LogP contribution >= 0.6 is 0 Å². The second-order valence-corrected chi connectivity index (χ2v) is 4.91. The Balaban J connectivity index is 2.85. The van der Waals surface area contributed by atoms with Crippen LogP contribution in [0.3, 0.4) is 0 Å². The number of rotatable bonds is 8. The third-order valence-electron chi connectivity index (χ3n) is 3.10. The lowest BCUT2D eigenvalue weighted by Gasteiger charge is -2.25. The average Bonchev–Trinajstić information content (AvgIpc) is 2.38. The van der Waals surface area contributed by atoms with Crippen molar-refractivity contribution in [1.29, 1.82) is 0 Å². The first-order chi connectivity index (χ1) is 9.10. The highest BCUT2D eigenvalue weighted by molar-refractivity contribution is 5.23. The van der Waals surface area contributed by atoms with Crippen molar-refractivity contribution >= 4 is 0 Å². The third-order valence-corrected chi connectivity index (χ3v) is 3.10. The van der Waals surface area contributed by atoms with E-state index in [0.717, 1.165) is 32.0 Å². The fraction of sp³-hybridized carbons (Fsp3) is 0.600. The van der Waals surface area contributed by atoms with Gasteiger partial charge in [-0.1, -0.05) is 26.0 Å². The molecular formula is C15H24F2N2. The van der Waals surface area contributed by atoms with E-state index < -0.39 is 11.6 Å². The average molecular weight is 270 g/mol. The number of hydrogen-bond acceptors (Lipinski definition) is 2. The van der Waals surface area contributed by atoms with E-state index in [0.29, 0.717) is 12.1 Å². The maximum Gasteiger partial charge on any atom is 0.163 e. The molecule has 0 aliphatic carbocycles. The van der Waals surface area contributed by atoms with Crippen LogP contribution in [0.1, 0.15) is 38.3 Å². The smallest absolute Gasteiger partial charge is 0.163 e. The summed E-state index contributed by atoms with van der Waals surface area (Å²) in [5, 5.41) is 3.29. The van der Waals surface area contributed by atoms with Gasteiger partial charge in [0, 0.05) is 18.2 Å². The molecule has 1 atom stereocenters. The molecule has 0 fully saturated rings. The zero-order valence-electron chi connectivity index (χ0n) is 12.0. The molecule has 108 valence electrons. The van der Waals surface area contributed by atoms with E-state index in [9.17, 15) is 8.78 Å². The summed E-state index contributed by atoms with van der Waals surface area (Å²) in [6, 6.07) is 4.21. The minimum Gasteiger partial charge on any atom is -0.309 e. The molecule has 0 radical (unpaired) electrons. The lowest BCUT2D eigenvalue weighted by atomic mass is 10.0. The van der Waals surface area contributed by atoms with Crippen LogP contribution in [0.2, 0.25) is 0 Å². The molecule has 2 nitrogen and oxygen atoms in total. The first-order valence-corrected chi connectivity index (χ1v) is 6.96. The van der Waals surface area contributed by atoms with Gasteiger partial charge in [0.2, 0.25) is 0 Å². The largest absolute Gasteiger partial charge is 0.309 e. The van der Waals surface area contributed by atoms with Gasteiger partial charge in [-0.25, -0.2) is 8.78 Å². The SMILES string of the molecule is CCCNC(CN(C)CCC)c1cccc(F)c1F. The Morgan fingerprint density at radius 3 is 2.58 bits per heavy atom. The minimum atomic E-state index is -0.779. The molecule has 0 heterocycles. The van der Waals surface area contributed by atoms with Crippen molar-refractivity contribution in [3.8, 4) is 0 Å². The summed E-state index contributed by atoms with van der Waals surface area (Å²) in [5.41, 5.74) is 0.413. The van der Waals surface area contributed by atoms with Gasteiger partial charge in [-0.15, -0.1) is 0 Å². The molecule has 1 unspecified atom stereocenters. The Labute approximate surface area is 114 Å². The maximum absolute atomic E-state index is 13.9. The fourth-order valence-electron chi connectivity index (χ4n) is 2.17. The van der Waals surface area contributed by atoms with Crippen LogP contribution in [0, 0.1) is 11.6 Å². The monoisotopic (exact) mass is 270 g/mol. The highest BCUT2D eigenvalue weighted by Gasteiger charge is 2.18. The van der Waals surface area contributed by atoms with E-state index in [4.69, 9.17) is 0 Å². The molecule has 0 amide bonds. The molecule has 0 aliphatic heterocycles. The standard InChI is InChI=1S/C15H24F2N2/c1-4-9-18-14(11-19(3)10-5-2)12-7-6-8-13(16)15(12)17/h6-8,14,18H,4-5,9-11H2,1-3H3. The van der Waals surface area contributed by atoms with E-state index in [1.54, 1.807) is 12.1 Å². The predicted octanol–water partition coefficient (Wildman–Crippen LogP) is 3.35. The predicted molar refractivity (Wildman–Crippen MR) is 75.2 cm³/mol. The highest BCUT2D eigenvalue weighted by atomic mass is 19.2. The van der Waals surface area contributed by atoms with Crippen molar-refractivity contribution in [2.75, 3.05) is 26.7 Å². The Morgan fingerprint density at radius 1 is 1.21 bits per heavy atom. The van der Waals surface area contributed by atoms with Crippen LogP contribution in [0.4, 0.5) is 8.78 Å². The van der Waals surface area contributed by atoms with Crippen LogP contribution in [0.25, 0.3) is 0 Å². The van der Waals surface area contributed by atoms with Gasteiger partial charge in [0.05, 0.1) is 0 Å². The molecule has 1 N–H and O–H groups in total. The fourth-order valence-corrected chi connectivity index (χ4v) is 2.17. The normalized spacial score (nSPS) is 12.9. The summed E-state index contributed by atoms with van der Waals surface area (Å²) in [6.07, 6.45) is 2.01. The number of benzene rings is 1. The summed E-state index contributed by atoms with van der Waals surface area (Å²) < 4.78 is 27.2. The molecule has 0 aliphatic rings. The van der Waals surface area contributed by atoms with E-state index in [1.165, 1.54) is 0 Å². The topological polar surface area (TPSA) is 15.3 Å². The Hall–Kier alpha value is -1.00. The van der Waals surface area contributed by atoms with E-state index >= 15 is 0 Å². The molecule has 0 spiro atoms. The number of halogens is 2. The zero-order valence-corrected chi connectivity index (χ0v) is 12.0. The van der Waals surface area contributed by atoms with E-state index in [2.05, 4.69) is 24.1 Å². The van der Waals surface area contributed by atoms with Crippen LogP contribution in [0.5, 0.6) is 0 Å². The second-order valence-electron chi connectivity index (χ2n) is 4.91. The van der Waals surface area contributed by atoms with Gasteiger partial charge < -0.3 is 10.2 Å². The molecule has 0 saturated heterocycles. The number of nitrogens with zero attached hydrogens (tertiary/aromatic N) is 1. The molecule has 1 rings (SSSR count). The van der Waals surface area contributed by atoms with Gasteiger partial charge in [-0.05, 0) is 39.0 Å². The molecule has 4 heteroatoms. The Kier molecular flexibility index (Phi) is 6.95. The Morgan fingerprint density at radius 2 is 1.95 bits per heavy atom. The molecule has 0 saturated carbocycles. The van der Waals surface area contributed by atoms with Gasteiger partial charge in [0.1, 0.15) is 0 Å². The first kappa shape index (κ1) is 16.1. The van der Waals surface area contributed by atoms with Crippen LogP contribution in [-0.4, -0.2) is 31.6 Å². The van der Waals surface area contributed by atoms with Crippen molar-refractivity contribution in [1.82, 2.24) is 10.2 Å². The molecule has 19 heavy (non-hydrogen) atoms. The van der Waals surface area contributed by atoms with Gasteiger partial charge in [-0.2, -0.15) is 0 Å². The molecule has 0 aromatic heterocycles. The molecular weight excluding hydrogens is 246 g/mol. The number of hydrogen-bond donors (Lipinski definition) is 1. The second kappa shape index (κ2) is 8.23. The summed E-state index contributed by atoms with van der Waals surface area (Å²) >= 11 is 0. The van der Waals surface area contributed by atoms with Gasteiger partial charge in [0.25, 0.3) is 0 Å². The van der Waals surface area contributed by atoms with Crippen molar-refractivity contribution in [3.05, 3.63) is 35.4 Å².